The molecule has 0 aliphatic rings. The summed E-state index contributed by atoms with van der Waals surface area (Å²) >= 11 is 2.61. The molecule has 0 unspecified atom stereocenters. The van der Waals surface area contributed by atoms with Gasteiger partial charge in [0.1, 0.15) is 5.60 Å². The molecule has 4 aromatic heterocycles. The molecular weight excluding hydrogens is 813 g/mol. The fraction of sp³-hybridized carbons (Fsp3) is 0.133. The highest BCUT2D eigenvalue weighted by Gasteiger charge is 2.26. The maximum Gasteiger partial charge on any atom is 0.433 e. The van der Waals surface area contributed by atoms with Crippen molar-refractivity contribution in [2.24, 2.45) is 0 Å². The molecule has 16 heteroatoms. The van der Waals surface area contributed by atoms with E-state index in [-0.39, 0.29) is 21.2 Å². The van der Waals surface area contributed by atoms with Gasteiger partial charge in [0.05, 0.1) is 66.5 Å². The van der Waals surface area contributed by atoms with Crippen LogP contribution in [-0.2, 0) is 17.8 Å². The largest absolute Gasteiger partial charge is 0.442 e. The minimum Gasteiger partial charge on any atom is -0.442 e. The number of nitrogens with zero attached hydrogens (tertiary/aromatic N) is 7. The van der Waals surface area contributed by atoms with Crippen LogP contribution in [0.2, 0.25) is 0 Å². The van der Waals surface area contributed by atoms with Crippen LogP contribution in [0.5, 0.6) is 0 Å². The molecule has 8 aromatic rings. The zero-order chi connectivity index (χ0) is 42.7. The van der Waals surface area contributed by atoms with Gasteiger partial charge in [-0.15, -0.1) is 0 Å². The lowest BCUT2D eigenvalue weighted by atomic mass is 10.2. The smallest absolute Gasteiger partial charge is 0.433 e. The van der Waals surface area contributed by atoms with Crippen LogP contribution in [0, 0.1) is 20.2 Å². The van der Waals surface area contributed by atoms with Gasteiger partial charge >= 0.3 is 6.09 Å². The summed E-state index contributed by atoms with van der Waals surface area (Å²) in [5, 5.41) is 26.9. The van der Waals surface area contributed by atoms with E-state index in [0.29, 0.717) is 34.3 Å². The normalized spacial score (nSPS) is 11.5. The number of benzene rings is 4. The number of carbonyl (C=O) groups is 1. The highest BCUT2D eigenvalue weighted by Crippen LogP contribution is 2.42. The number of hydrogen-bond acceptors (Lipinski definition) is 11. The highest BCUT2D eigenvalue weighted by atomic mass is 32.2. The van der Waals surface area contributed by atoms with E-state index in [1.807, 2.05) is 88.3 Å². The second kappa shape index (κ2) is 17.2. The first-order valence-electron chi connectivity index (χ1n) is 19.1. The number of rotatable bonds is 13. The summed E-state index contributed by atoms with van der Waals surface area (Å²) in [6.07, 6.45) is 6.70. The number of amides is 1. The molecule has 4 aromatic carbocycles. The zero-order valence-electron chi connectivity index (χ0n) is 33.2. The zero-order valence-corrected chi connectivity index (χ0v) is 34.8. The third-order valence-electron chi connectivity index (χ3n) is 9.43. The van der Waals surface area contributed by atoms with E-state index in [1.165, 1.54) is 40.7 Å². The third-order valence-corrected chi connectivity index (χ3v) is 11.7. The van der Waals surface area contributed by atoms with Gasteiger partial charge in [-0.3, -0.25) is 35.6 Å². The minimum absolute atomic E-state index is 0.00489. The summed E-state index contributed by atoms with van der Waals surface area (Å²) < 4.78 is 9.99. The van der Waals surface area contributed by atoms with Crippen LogP contribution in [-0.4, -0.2) is 40.6 Å². The first-order chi connectivity index (χ1) is 29.4. The second-order valence-electron chi connectivity index (χ2n) is 14.9. The van der Waals surface area contributed by atoms with Gasteiger partial charge < -0.3 is 13.9 Å². The predicted molar refractivity (Wildman–Crippen MR) is 237 cm³/mol. The van der Waals surface area contributed by atoms with Crippen molar-refractivity contribution in [3.63, 3.8) is 0 Å². The molecule has 1 N–H and O–H groups in total. The topological polar surface area (TPSA) is 163 Å². The summed E-state index contributed by atoms with van der Waals surface area (Å²) in [5.41, 5.74) is 6.72. The van der Waals surface area contributed by atoms with Crippen LogP contribution in [0.4, 0.5) is 27.5 Å². The van der Waals surface area contributed by atoms with E-state index >= 15 is 0 Å². The number of pyridine rings is 2. The standard InChI is InChI=1S/C45H38N8O6S2/c1-45(2,3)59-44(54)51(33-19-21-35-39(25-33)50(27-32-13-9-11-23-47-32)29-43(35)61-41-17-7-5-15-37(41)53(57)58)48-30-18-20-34-38(24-30)49(26-31-12-8-10-22-46-31)28-42(34)60-40-16-6-4-14-36(40)52(55)56/h4-25,28-29,48H,26-27H2,1-3H3. The maximum absolute atomic E-state index is 14.2. The van der Waals surface area contributed by atoms with E-state index < -0.39 is 11.7 Å². The van der Waals surface area contributed by atoms with Crippen molar-refractivity contribution in [3.8, 4) is 0 Å². The Morgan fingerprint density at radius 3 is 1.66 bits per heavy atom. The summed E-state index contributed by atoms with van der Waals surface area (Å²) in [6.45, 7) is 6.20. The Morgan fingerprint density at radius 1 is 0.672 bits per heavy atom. The van der Waals surface area contributed by atoms with Crippen molar-refractivity contribution in [3.05, 3.63) is 178 Å². The second-order valence-corrected chi connectivity index (χ2v) is 17.1. The fourth-order valence-electron chi connectivity index (χ4n) is 6.75. The van der Waals surface area contributed by atoms with Gasteiger partial charge in [0, 0.05) is 57.5 Å². The number of fused-ring (bicyclic) bond motifs is 2. The molecular formula is C45H38N8O6S2. The van der Waals surface area contributed by atoms with E-state index in [4.69, 9.17) is 4.74 Å². The maximum atomic E-state index is 14.2. The Hall–Kier alpha value is -7.17. The van der Waals surface area contributed by atoms with Gasteiger partial charge in [-0.25, -0.2) is 4.79 Å². The Morgan fingerprint density at radius 2 is 1.16 bits per heavy atom. The number of hydrazine groups is 1. The lowest BCUT2D eigenvalue weighted by molar-refractivity contribution is -0.387. The lowest BCUT2D eigenvalue weighted by Crippen LogP contribution is -2.40. The molecule has 0 radical (unpaired) electrons. The Bertz CT molecular complexity index is 2920. The first kappa shape index (κ1) is 40.6. The lowest BCUT2D eigenvalue weighted by Gasteiger charge is -2.28. The molecule has 0 aliphatic heterocycles. The SMILES string of the molecule is CC(C)(C)OC(=O)N(Nc1ccc2c(Sc3ccccc3[N+](=O)[O-])cn(Cc3ccccn3)c2c1)c1ccc2c(Sc3ccccc3[N+](=O)[O-])cn(Cc3ccccn3)c2c1. The number of aromatic nitrogens is 4. The van der Waals surface area contributed by atoms with Crippen molar-refractivity contribution in [2.75, 3.05) is 10.4 Å². The Balaban J connectivity index is 1.21. The van der Waals surface area contributed by atoms with Crippen LogP contribution < -0.4 is 10.4 Å². The number of anilines is 2. The summed E-state index contributed by atoms with van der Waals surface area (Å²) in [4.78, 5) is 48.9. The van der Waals surface area contributed by atoms with Crippen LogP contribution in [0.25, 0.3) is 21.8 Å². The quantitative estimate of drug-likeness (QED) is 0.0867. The van der Waals surface area contributed by atoms with E-state index in [9.17, 15) is 25.0 Å². The molecule has 8 rings (SSSR count). The molecule has 4 heterocycles. The Labute approximate surface area is 358 Å². The van der Waals surface area contributed by atoms with Crippen LogP contribution in [0.1, 0.15) is 32.2 Å². The van der Waals surface area contributed by atoms with Crippen LogP contribution in [0.3, 0.4) is 0 Å². The number of nitro groups is 2. The number of carbonyl (C=O) groups excluding carboxylic acids is 1. The Kier molecular flexibility index (Phi) is 11.4. The molecule has 0 saturated heterocycles. The predicted octanol–water partition coefficient (Wildman–Crippen LogP) is 11.4. The minimum atomic E-state index is -0.831. The van der Waals surface area contributed by atoms with Gasteiger partial charge in [0.2, 0.25) is 0 Å². The molecule has 0 bridgehead atoms. The van der Waals surface area contributed by atoms with Crippen molar-refractivity contribution < 1.29 is 19.4 Å². The summed E-state index contributed by atoms with van der Waals surface area (Å²) in [7, 11) is 0. The molecule has 0 fully saturated rings. The van der Waals surface area contributed by atoms with E-state index in [2.05, 4.69) is 15.4 Å². The molecule has 306 valence electrons. The molecule has 0 saturated carbocycles. The molecule has 0 aliphatic carbocycles. The molecule has 0 spiro atoms. The van der Waals surface area contributed by atoms with Crippen LogP contribution in [0.15, 0.2) is 166 Å². The van der Waals surface area contributed by atoms with Gasteiger partial charge in [0.15, 0.2) is 0 Å². The number of ether oxygens (including phenoxy) is 1. The fourth-order valence-corrected chi connectivity index (χ4v) is 8.93. The van der Waals surface area contributed by atoms with E-state index in [1.54, 1.807) is 75.6 Å². The first-order valence-corrected chi connectivity index (χ1v) is 20.7. The third kappa shape index (κ3) is 9.20. The van der Waals surface area contributed by atoms with Gasteiger partial charge in [-0.05, 0) is 93.6 Å². The monoisotopic (exact) mass is 850 g/mol. The number of hydrogen-bond donors (Lipinski definition) is 1. The molecule has 61 heavy (non-hydrogen) atoms. The van der Waals surface area contributed by atoms with Crippen molar-refractivity contribution >= 4 is 74.2 Å². The van der Waals surface area contributed by atoms with Crippen LogP contribution >= 0.6 is 23.5 Å². The molecule has 14 nitrogen and oxygen atoms in total. The van der Waals surface area contributed by atoms with Gasteiger partial charge in [0.25, 0.3) is 11.4 Å². The molecule has 0 atom stereocenters. The summed E-state index contributed by atoms with van der Waals surface area (Å²) in [5.74, 6) is 0. The van der Waals surface area contributed by atoms with E-state index in [0.717, 1.165) is 43.0 Å². The number of nitrogens with one attached hydrogen (secondary N) is 1. The van der Waals surface area contributed by atoms with Crippen molar-refractivity contribution in [2.45, 2.75) is 59.0 Å². The average Bonchev–Trinajstić information content (AvgIpc) is 3.75. The van der Waals surface area contributed by atoms with Crippen molar-refractivity contribution in [1.29, 1.82) is 0 Å². The molecule has 1 amide bonds. The number of para-hydroxylation sites is 2. The van der Waals surface area contributed by atoms with Crippen molar-refractivity contribution in [1.82, 2.24) is 19.1 Å². The number of nitro benzene ring substituents is 2. The average molecular weight is 851 g/mol. The van der Waals surface area contributed by atoms with Gasteiger partial charge in [-0.1, -0.05) is 59.9 Å². The highest BCUT2D eigenvalue weighted by molar-refractivity contribution is 8.00. The summed E-state index contributed by atoms with van der Waals surface area (Å²) in [6, 6.07) is 35.9. The van der Waals surface area contributed by atoms with Gasteiger partial charge in [-0.2, -0.15) is 5.01 Å².